The fourth-order valence-electron chi connectivity index (χ4n) is 2.21. The molecule has 0 spiro atoms. The van der Waals surface area contributed by atoms with Crippen molar-refractivity contribution >= 4 is 17.1 Å². The van der Waals surface area contributed by atoms with E-state index in [1.165, 1.54) is 0 Å². The van der Waals surface area contributed by atoms with Gasteiger partial charge in [0, 0.05) is 45.5 Å². The summed E-state index contributed by atoms with van der Waals surface area (Å²) in [6.45, 7) is 5.98. The molecule has 5 heteroatoms. The molecular weight excluding hydrogens is 228 g/mol. The number of nitrogens with zero attached hydrogens (tertiary/aromatic N) is 2. The van der Waals surface area contributed by atoms with E-state index >= 15 is 0 Å². The predicted octanol–water partition coefficient (Wildman–Crippen LogP) is 0.619. The van der Waals surface area contributed by atoms with E-state index in [1.54, 1.807) is 7.11 Å². The first-order chi connectivity index (χ1) is 8.70. The number of rotatable bonds is 4. The fourth-order valence-corrected chi connectivity index (χ4v) is 2.21. The molecule has 1 fully saturated rings. The highest BCUT2D eigenvalue weighted by atomic mass is 16.5. The number of nitrogen functional groups attached to an aromatic ring is 2. The zero-order valence-corrected chi connectivity index (χ0v) is 10.9. The Morgan fingerprint density at radius 1 is 1.11 bits per heavy atom. The van der Waals surface area contributed by atoms with Crippen LogP contribution in [0.2, 0.25) is 0 Å². The third-order valence-electron chi connectivity index (χ3n) is 3.42. The molecule has 1 saturated heterocycles. The van der Waals surface area contributed by atoms with Crippen LogP contribution in [0.3, 0.4) is 0 Å². The third kappa shape index (κ3) is 3.05. The lowest BCUT2D eigenvalue weighted by atomic mass is 10.2. The highest BCUT2D eigenvalue weighted by Crippen LogP contribution is 2.23. The summed E-state index contributed by atoms with van der Waals surface area (Å²) in [6.07, 6.45) is 0. The van der Waals surface area contributed by atoms with Gasteiger partial charge in [0.15, 0.2) is 0 Å². The third-order valence-corrected chi connectivity index (χ3v) is 3.42. The number of ether oxygens (including phenoxy) is 1. The number of hydrogen-bond donors (Lipinski definition) is 2. The van der Waals surface area contributed by atoms with Crippen molar-refractivity contribution in [1.29, 1.82) is 0 Å². The summed E-state index contributed by atoms with van der Waals surface area (Å²) in [5.41, 5.74) is 14.0. The molecule has 0 aliphatic carbocycles. The zero-order valence-electron chi connectivity index (χ0n) is 10.9. The van der Waals surface area contributed by atoms with Crippen LogP contribution in [0.5, 0.6) is 0 Å². The Kier molecular flexibility index (Phi) is 4.28. The first-order valence-corrected chi connectivity index (χ1v) is 6.32. The van der Waals surface area contributed by atoms with E-state index in [0.29, 0.717) is 11.4 Å². The number of piperazine rings is 1. The second kappa shape index (κ2) is 5.93. The van der Waals surface area contributed by atoms with Gasteiger partial charge in [-0.15, -0.1) is 0 Å². The first kappa shape index (κ1) is 13.0. The number of benzene rings is 1. The van der Waals surface area contributed by atoms with Gasteiger partial charge in [-0.25, -0.2) is 0 Å². The van der Waals surface area contributed by atoms with Crippen LogP contribution in [-0.2, 0) is 4.74 Å². The number of anilines is 3. The van der Waals surface area contributed by atoms with Crippen molar-refractivity contribution in [1.82, 2.24) is 4.90 Å². The smallest absolute Gasteiger partial charge is 0.0589 e. The summed E-state index contributed by atoms with van der Waals surface area (Å²) in [7, 11) is 1.74. The van der Waals surface area contributed by atoms with Crippen molar-refractivity contribution < 1.29 is 4.74 Å². The summed E-state index contributed by atoms with van der Waals surface area (Å²) in [5.74, 6) is 0. The minimum Gasteiger partial charge on any atom is -0.397 e. The maximum Gasteiger partial charge on any atom is 0.0589 e. The molecule has 100 valence electrons. The fraction of sp³-hybridized carbons (Fsp3) is 0.538. The summed E-state index contributed by atoms with van der Waals surface area (Å²) in [5, 5.41) is 0. The van der Waals surface area contributed by atoms with Gasteiger partial charge in [0.2, 0.25) is 0 Å². The molecule has 0 radical (unpaired) electrons. The highest BCUT2D eigenvalue weighted by Gasteiger charge is 2.17. The molecule has 4 N–H and O–H groups in total. The van der Waals surface area contributed by atoms with E-state index in [2.05, 4.69) is 9.80 Å². The molecule has 1 aliphatic heterocycles. The molecule has 18 heavy (non-hydrogen) atoms. The van der Waals surface area contributed by atoms with Crippen LogP contribution < -0.4 is 16.4 Å². The molecular formula is C13H22N4O. The Labute approximate surface area is 108 Å². The van der Waals surface area contributed by atoms with Crippen LogP contribution >= 0.6 is 0 Å². The van der Waals surface area contributed by atoms with Gasteiger partial charge >= 0.3 is 0 Å². The second-order valence-corrected chi connectivity index (χ2v) is 4.63. The normalized spacial score (nSPS) is 17.1. The Balaban J connectivity index is 1.90. The Morgan fingerprint density at radius 3 is 2.44 bits per heavy atom. The van der Waals surface area contributed by atoms with Crippen molar-refractivity contribution in [3.05, 3.63) is 18.2 Å². The molecule has 1 aromatic carbocycles. The van der Waals surface area contributed by atoms with Crippen LogP contribution in [-0.4, -0.2) is 51.3 Å². The van der Waals surface area contributed by atoms with Crippen LogP contribution in [0.25, 0.3) is 0 Å². The minimum atomic E-state index is 0.650. The SMILES string of the molecule is COCCN1CCN(c2ccc(N)c(N)c2)CC1. The van der Waals surface area contributed by atoms with Crippen molar-refractivity contribution in [2.45, 2.75) is 0 Å². The van der Waals surface area contributed by atoms with Gasteiger partial charge < -0.3 is 21.1 Å². The molecule has 1 heterocycles. The van der Waals surface area contributed by atoms with E-state index < -0.39 is 0 Å². The maximum absolute atomic E-state index is 5.84. The average molecular weight is 250 g/mol. The predicted molar refractivity (Wildman–Crippen MR) is 75.8 cm³/mol. The van der Waals surface area contributed by atoms with Gasteiger partial charge in [-0.05, 0) is 18.2 Å². The van der Waals surface area contributed by atoms with E-state index in [-0.39, 0.29) is 0 Å². The van der Waals surface area contributed by atoms with Crippen LogP contribution in [0.15, 0.2) is 18.2 Å². The topological polar surface area (TPSA) is 67.8 Å². The first-order valence-electron chi connectivity index (χ1n) is 6.32. The Bertz CT molecular complexity index is 389. The lowest BCUT2D eigenvalue weighted by molar-refractivity contribution is 0.144. The van der Waals surface area contributed by atoms with Crippen molar-refractivity contribution in [3.8, 4) is 0 Å². The standard InChI is InChI=1S/C13H22N4O/c1-18-9-8-16-4-6-17(7-5-16)11-2-3-12(14)13(15)10-11/h2-3,10H,4-9,14-15H2,1H3. The number of hydrogen-bond acceptors (Lipinski definition) is 5. The maximum atomic E-state index is 5.84. The summed E-state index contributed by atoms with van der Waals surface area (Å²) >= 11 is 0. The second-order valence-electron chi connectivity index (χ2n) is 4.63. The van der Waals surface area contributed by atoms with Crippen molar-refractivity contribution in [2.24, 2.45) is 0 Å². The summed E-state index contributed by atoms with van der Waals surface area (Å²) in [6, 6.07) is 5.87. The van der Waals surface area contributed by atoms with E-state index in [4.69, 9.17) is 16.2 Å². The molecule has 5 nitrogen and oxygen atoms in total. The monoisotopic (exact) mass is 250 g/mol. The Morgan fingerprint density at radius 2 is 1.83 bits per heavy atom. The van der Waals surface area contributed by atoms with E-state index in [1.807, 2.05) is 18.2 Å². The van der Waals surface area contributed by atoms with Crippen LogP contribution in [0.1, 0.15) is 0 Å². The van der Waals surface area contributed by atoms with E-state index in [9.17, 15) is 0 Å². The lowest BCUT2D eigenvalue weighted by Gasteiger charge is -2.36. The molecule has 2 rings (SSSR count). The summed E-state index contributed by atoms with van der Waals surface area (Å²) < 4.78 is 5.10. The number of methoxy groups -OCH3 is 1. The van der Waals surface area contributed by atoms with Gasteiger partial charge in [0.25, 0.3) is 0 Å². The van der Waals surface area contributed by atoms with Crippen molar-refractivity contribution in [2.75, 3.05) is 62.8 Å². The molecule has 0 unspecified atom stereocenters. The van der Waals surface area contributed by atoms with Gasteiger partial charge in [0.1, 0.15) is 0 Å². The van der Waals surface area contributed by atoms with Crippen LogP contribution in [0.4, 0.5) is 17.1 Å². The minimum absolute atomic E-state index is 0.650. The molecule has 0 bridgehead atoms. The van der Waals surface area contributed by atoms with Gasteiger partial charge in [0.05, 0.1) is 18.0 Å². The van der Waals surface area contributed by atoms with Gasteiger partial charge in [-0.3, -0.25) is 4.90 Å². The summed E-state index contributed by atoms with van der Waals surface area (Å²) in [4.78, 5) is 4.76. The lowest BCUT2D eigenvalue weighted by Crippen LogP contribution is -2.47. The molecule has 1 aromatic rings. The largest absolute Gasteiger partial charge is 0.397 e. The van der Waals surface area contributed by atoms with Crippen LogP contribution in [0, 0.1) is 0 Å². The Hall–Kier alpha value is -1.46. The molecule has 0 saturated carbocycles. The molecule has 0 amide bonds. The quantitative estimate of drug-likeness (QED) is 0.767. The van der Waals surface area contributed by atoms with Gasteiger partial charge in [-0.2, -0.15) is 0 Å². The highest BCUT2D eigenvalue weighted by molar-refractivity contribution is 5.69. The molecule has 0 atom stereocenters. The number of nitrogens with two attached hydrogens (primary N) is 2. The van der Waals surface area contributed by atoms with Gasteiger partial charge in [-0.1, -0.05) is 0 Å². The van der Waals surface area contributed by atoms with E-state index in [0.717, 1.165) is 45.0 Å². The zero-order chi connectivity index (χ0) is 13.0. The molecule has 0 aromatic heterocycles. The average Bonchev–Trinajstić information content (AvgIpc) is 2.40. The molecule has 1 aliphatic rings. The van der Waals surface area contributed by atoms with Crippen molar-refractivity contribution in [3.63, 3.8) is 0 Å².